The number of hydrogen-bond donors (Lipinski definition) is 2. The van der Waals surface area contributed by atoms with Gasteiger partial charge >= 0.3 is 0 Å². The number of nitrogens with one attached hydrogen (secondary N) is 1. The molecule has 0 fully saturated rings. The minimum Gasteiger partial charge on any atom is -0.370 e. The molecule has 0 aliphatic heterocycles. The second-order valence-electron chi connectivity index (χ2n) is 3.63. The largest absolute Gasteiger partial charge is 0.370 e. The van der Waals surface area contributed by atoms with Gasteiger partial charge in [-0.1, -0.05) is 0 Å². The van der Waals surface area contributed by atoms with E-state index in [1.807, 2.05) is 20.8 Å². The molecule has 74 valence electrons. The van der Waals surface area contributed by atoms with Crippen molar-refractivity contribution in [1.29, 1.82) is 0 Å². The number of carbonyl (C=O) groups is 1. The van der Waals surface area contributed by atoms with Gasteiger partial charge in [-0.25, -0.2) is 0 Å². The first-order chi connectivity index (χ1) is 5.98. The number of carbonyl (C=O) groups excluding carboxylic acids is 1. The van der Waals surface area contributed by atoms with Gasteiger partial charge in [-0.05, 0) is 20.8 Å². The molecule has 0 aliphatic rings. The highest BCUT2D eigenvalue weighted by Crippen LogP contribution is 2.06. The topological polar surface area (TPSA) is 55.1 Å². The van der Waals surface area contributed by atoms with E-state index >= 15 is 0 Å². The summed E-state index contributed by atoms with van der Waals surface area (Å²) in [7, 11) is 0. The predicted octanol–water partition coefficient (Wildman–Crippen LogP) is 0.643. The molecule has 0 bridgehead atoms. The van der Waals surface area contributed by atoms with Crippen LogP contribution in [0.5, 0.6) is 0 Å². The minimum atomic E-state index is -0.279. The summed E-state index contributed by atoms with van der Waals surface area (Å²) in [6, 6.07) is 0. The second-order valence-corrected chi connectivity index (χ2v) is 3.63. The van der Waals surface area contributed by atoms with Gasteiger partial charge < -0.3 is 11.1 Å². The summed E-state index contributed by atoms with van der Waals surface area (Å²) in [5.41, 5.74) is 4.88. The third-order valence-corrected chi connectivity index (χ3v) is 1.65. The maximum absolute atomic E-state index is 10.7. The number of hydrogen-bond acceptors (Lipinski definition) is 2. The van der Waals surface area contributed by atoms with Gasteiger partial charge in [0.2, 0.25) is 5.91 Å². The normalized spacial score (nSPS) is 10.4. The van der Waals surface area contributed by atoms with E-state index < -0.39 is 0 Å². The summed E-state index contributed by atoms with van der Waals surface area (Å²) < 4.78 is 0. The number of nitrogens with two attached hydrogens (primary N) is 1. The standard InChI is InChI=1S/C10H18N2O/c1-4-5-6-7-12-10(2,3)8-9(11)13/h12H,6-8H2,1-3H3,(H2,11,13). The van der Waals surface area contributed by atoms with Crippen molar-refractivity contribution in [2.45, 2.75) is 39.2 Å². The first-order valence-corrected chi connectivity index (χ1v) is 4.41. The molecule has 0 aliphatic carbocycles. The molecule has 0 saturated heterocycles. The average molecular weight is 182 g/mol. The minimum absolute atomic E-state index is 0.221. The molecule has 0 unspecified atom stereocenters. The average Bonchev–Trinajstić information content (AvgIpc) is 1.95. The van der Waals surface area contributed by atoms with E-state index in [1.54, 1.807) is 0 Å². The van der Waals surface area contributed by atoms with Crippen LogP contribution in [0.2, 0.25) is 0 Å². The van der Waals surface area contributed by atoms with Gasteiger partial charge in [0.05, 0.1) is 0 Å². The predicted molar refractivity (Wildman–Crippen MR) is 54.0 cm³/mol. The van der Waals surface area contributed by atoms with Crippen LogP contribution in [0.15, 0.2) is 0 Å². The summed E-state index contributed by atoms with van der Waals surface area (Å²) in [4.78, 5) is 10.7. The molecule has 3 nitrogen and oxygen atoms in total. The molecule has 3 heteroatoms. The van der Waals surface area contributed by atoms with E-state index in [0.29, 0.717) is 6.42 Å². The Labute approximate surface area is 80.1 Å². The van der Waals surface area contributed by atoms with Crippen LogP contribution >= 0.6 is 0 Å². The summed E-state index contributed by atoms with van der Waals surface area (Å²) in [5, 5.41) is 3.22. The number of rotatable bonds is 5. The van der Waals surface area contributed by atoms with E-state index in [1.165, 1.54) is 0 Å². The Hall–Kier alpha value is -1.01. The molecule has 0 rings (SSSR count). The van der Waals surface area contributed by atoms with Crippen molar-refractivity contribution in [3.63, 3.8) is 0 Å². The lowest BCUT2D eigenvalue weighted by atomic mass is 10.0. The fraction of sp³-hybridized carbons (Fsp3) is 0.700. The maximum atomic E-state index is 10.7. The smallest absolute Gasteiger partial charge is 0.219 e. The zero-order valence-corrected chi connectivity index (χ0v) is 8.61. The van der Waals surface area contributed by atoms with Crippen LogP contribution < -0.4 is 11.1 Å². The second kappa shape index (κ2) is 5.60. The third-order valence-electron chi connectivity index (χ3n) is 1.65. The maximum Gasteiger partial charge on any atom is 0.219 e. The van der Waals surface area contributed by atoms with E-state index in [-0.39, 0.29) is 11.4 Å². The van der Waals surface area contributed by atoms with E-state index in [4.69, 9.17) is 5.73 Å². The Morgan fingerprint density at radius 3 is 2.62 bits per heavy atom. The molecule has 0 atom stereocenters. The summed E-state index contributed by atoms with van der Waals surface area (Å²) >= 11 is 0. The first kappa shape index (κ1) is 12.0. The third kappa shape index (κ3) is 7.35. The first-order valence-electron chi connectivity index (χ1n) is 4.41. The van der Waals surface area contributed by atoms with Crippen LogP contribution in [-0.2, 0) is 4.79 Å². The molecular weight excluding hydrogens is 164 g/mol. The van der Waals surface area contributed by atoms with Gasteiger partial charge in [0.1, 0.15) is 0 Å². The van der Waals surface area contributed by atoms with Crippen LogP contribution in [0.3, 0.4) is 0 Å². The van der Waals surface area contributed by atoms with Crippen molar-refractivity contribution < 1.29 is 4.79 Å². The molecule has 0 radical (unpaired) electrons. The lowest BCUT2D eigenvalue weighted by Gasteiger charge is -2.24. The van der Waals surface area contributed by atoms with Crippen LogP contribution in [0.4, 0.5) is 0 Å². The van der Waals surface area contributed by atoms with Gasteiger partial charge in [-0.3, -0.25) is 4.79 Å². The van der Waals surface area contributed by atoms with Gasteiger partial charge in [0, 0.05) is 24.9 Å². The van der Waals surface area contributed by atoms with Crippen molar-refractivity contribution in [2.75, 3.05) is 6.54 Å². The Bertz CT molecular complexity index is 223. The van der Waals surface area contributed by atoms with E-state index in [2.05, 4.69) is 17.2 Å². The van der Waals surface area contributed by atoms with Crippen LogP contribution in [0.25, 0.3) is 0 Å². The molecule has 0 aromatic rings. The van der Waals surface area contributed by atoms with Crippen molar-refractivity contribution >= 4 is 5.91 Å². The summed E-state index contributed by atoms with van der Waals surface area (Å²) in [6.07, 6.45) is 1.16. The Morgan fingerprint density at radius 2 is 2.15 bits per heavy atom. The monoisotopic (exact) mass is 182 g/mol. The van der Waals surface area contributed by atoms with Gasteiger partial charge in [-0.2, -0.15) is 0 Å². The molecule has 13 heavy (non-hydrogen) atoms. The van der Waals surface area contributed by atoms with Crippen molar-refractivity contribution in [2.24, 2.45) is 5.73 Å². The molecule has 0 spiro atoms. The van der Waals surface area contributed by atoms with Crippen LogP contribution in [-0.4, -0.2) is 18.0 Å². The molecule has 0 aromatic carbocycles. The van der Waals surface area contributed by atoms with Crippen molar-refractivity contribution in [3.8, 4) is 11.8 Å². The number of primary amides is 1. The molecule has 0 saturated carbocycles. The Kier molecular flexibility index (Phi) is 5.17. The van der Waals surface area contributed by atoms with Gasteiger partial charge in [-0.15, -0.1) is 11.8 Å². The fourth-order valence-corrected chi connectivity index (χ4v) is 1.09. The lowest BCUT2D eigenvalue weighted by Crippen LogP contribution is -2.43. The molecule has 0 aromatic heterocycles. The number of amides is 1. The highest BCUT2D eigenvalue weighted by atomic mass is 16.1. The van der Waals surface area contributed by atoms with Crippen molar-refractivity contribution in [3.05, 3.63) is 0 Å². The highest BCUT2D eigenvalue weighted by Gasteiger charge is 2.18. The summed E-state index contributed by atoms with van der Waals surface area (Å²) in [6.45, 7) is 6.52. The van der Waals surface area contributed by atoms with E-state index in [9.17, 15) is 4.79 Å². The Morgan fingerprint density at radius 1 is 1.54 bits per heavy atom. The van der Waals surface area contributed by atoms with E-state index in [0.717, 1.165) is 13.0 Å². The summed E-state index contributed by atoms with van der Waals surface area (Å²) in [5.74, 6) is 5.48. The highest BCUT2D eigenvalue weighted by molar-refractivity contribution is 5.74. The van der Waals surface area contributed by atoms with Crippen molar-refractivity contribution in [1.82, 2.24) is 5.32 Å². The zero-order chi connectivity index (χ0) is 10.3. The molecule has 1 amide bonds. The fourth-order valence-electron chi connectivity index (χ4n) is 1.09. The van der Waals surface area contributed by atoms with Crippen LogP contribution in [0.1, 0.15) is 33.6 Å². The molecular formula is C10H18N2O. The molecule has 3 N–H and O–H groups in total. The Balaban J connectivity index is 3.72. The van der Waals surface area contributed by atoms with Crippen LogP contribution in [0, 0.1) is 11.8 Å². The van der Waals surface area contributed by atoms with Gasteiger partial charge in [0.25, 0.3) is 0 Å². The molecule has 0 heterocycles. The lowest BCUT2D eigenvalue weighted by molar-refractivity contribution is -0.119. The quantitative estimate of drug-likeness (QED) is 0.484. The SMILES string of the molecule is CC#CCCNC(C)(C)CC(N)=O. The van der Waals surface area contributed by atoms with Gasteiger partial charge in [0.15, 0.2) is 0 Å². The zero-order valence-electron chi connectivity index (χ0n) is 8.61.